The van der Waals surface area contributed by atoms with Gasteiger partial charge in [0.05, 0.1) is 11.6 Å². The second kappa shape index (κ2) is 9.25. The van der Waals surface area contributed by atoms with Gasteiger partial charge in [-0.3, -0.25) is 24.6 Å². The van der Waals surface area contributed by atoms with Crippen LogP contribution in [0.25, 0.3) is 0 Å². The van der Waals surface area contributed by atoms with Gasteiger partial charge in [0.1, 0.15) is 6.23 Å². The molecule has 0 radical (unpaired) electrons. The molecule has 2 unspecified atom stereocenters. The van der Waals surface area contributed by atoms with Crippen LogP contribution in [0.3, 0.4) is 0 Å². The summed E-state index contributed by atoms with van der Waals surface area (Å²) in [6, 6.07) is 6.05. The summed E-state index contributed by atoms with van der Waals surface area (Å²) in [7, 11) is 0. The molecule has 0 aliphatic carbocycles. The lowest BCUT2D eigenvalue weighted by Crippen LogP contribution is -2.51. The zero-order chi connectivity index (χ0) is 26.4. The summed E-state index contributed by atoms with van der Waals surface area (Å²) in [5.41, 5.74) is -1.46. The maximum absolute atomic E-state index is 14.8. The number of aryl methyl sites for hydroxylation is 1. The van der Waals surface area contributed by atoms with Crippen molar-refractivity contribution in [2.24, 2.45) is 0 Å². The summed E-state index contributed by atoms with van der Waals surface area (Å²) >= 11 is 0. The van der Waals surface area contributed by atoms with Crippen LogP contribution in [0.15, 0.2) is 36.4 Å². The monoisotopic (exact) mass is 511 g/mol. The summed E-state index contributed by atoms with van der Waals surface area (Å²) in [5, 5.41) is 14.8. The number of benzene rings is 2. The van der Waals surface area contributed by atoms with E-state index in [0.29, 0.717) is 28.8 Å². The van der Waals surface area contributed by atoms with Crippen molar-refractivity contribution in [2.75, 3.05) is 0 Å². The molecule has 2 aliphatic heterocycles. The largest absolute Gasteiger partial charge is 0.416 e. The quantitative estimate of drug-likeness (QED) is 0.424. The topological polar surface area (TPSA) is 98.7 Å². The van der Waals surface area contributed by atoms with Gasteiger partial charge in [-0.05, 0) is 36.1 Å². The molecule has 12 heteroatoms. The van der Waals surface area contributed by atoms with Gasteiger partial charge >= 0.3 is 12.1 Å². The van der Waals surface area contributed by atoms with E-state index in [2.05, 4.69) is 5.32 Å². The first kappa shape index (κ1) is 25.7. The predicted molar refractivity (Wildman–Crippen MR) is 115 cm³/mol. The second-order valence-electron chi connectivity index (χ2n) is 8.85. The molecular weight excluding hydrogens is 489 g/mol. The van der Waals surface area contributed by atoms with Crippen molar-refractivity contribution in [1.82, 2.24) is 15.5 Å². The zero-order valence-corrected chi connectivity index (χ0v) is 19.0. The van der Waals surface area contributed by atoms with Crippen LogP contribution in [-0.2, 0) is 39.6 Å². The van der Waals surface area contributed by atoms with E-state index >= 15 is 0 Å². The Hall–Kier alpha value is -3.38. The molecule has 36 heavy (non-hydrogen) atoms. The lowest BCUT2D eigenvalue weighted by Gasteiger charge is -2.31. The van der Waals surface area contributed by atoms with Crippen LogP contribution in [-0.4, -0.2) is 33.8 Å². The summed E-state index contributed by atoms with van der Waals surface area (Å²) in [6.45, 7) is 1.06. The van der Waals surface area contributed by atoms with Crippen molar-refractivity contribution in [2.45, 2.75) is 57.2 Å². The first-order valence-corrected chi connectivity index (χ1v) is 11.0. The highest BCUT2D eigenvalue weighted by Gasteiger charge is 2.47. The van der Waals surface area contributed by atoms with Gasteiger partial charge in [-0.2, -0.15) is 22.0 Å². The maximum atomic E-state index is 14.8. The van der Waals surface area contributed by atoms with Crippen LogP contribution in [0, 0.1) is 6.92 Å². The Labute approximate surface area is 202 Å². The van der Waals surface area contributed by atoms with Gasteiger partial charge in [0.25, 0.3) is 5.91 Å². The fourth-order valence-electron chi connectivity index (χ4n) is 4.48. The van der Waals surface area contributed by atoms with Gasteiger partial charge < -0.3 is 10.4 Å². The van der Waals surface area contributed by atoms with E-state index in [0.717, 1.165) is 6.07 Å². The summed E-state index contributed by atoms with van der Waals surface area (Å²) < 4.78 is 69.4. The molecule has 1 fully saturated rings. The molecule has 192 valence electrons. The van der Waals surface area contributed by atoms with Crippen molar-refractivity contribution >= 4 is 17.7 Å². The fourth-order valence-corrected chi connectivity index (χ4v) is 4.48. The van der Waals surface area contributed by atoms with Crippen LogP contribution in [0.4, 0.5) is 22.0 Å². The Balaban J connectivity index is 1.47. The van der Waals surface area contributed by atoms with E-state index in [1.807, 2.05) is 5.32 Å². The average Bonchev–Trinajstić information content (AvgIpc) is 3.12. The third-order valence-electron chi connectivity index (χ3n) is 6.32. The number of piperidine rings is 1. The normalized spacial score (nSPS) is 20.8. The number of carbonyl (C=O) groups is 3. The minimum Gasteiger partial charge on any atom is -0.374 e. The fraction of sp³-hybridized carbons (Fsp3) is 0.375. The van der Waals surface area contributed by atoms with Crippen molar-refractivity contribution in [3.05, 3.63) is 69.8 Å². The van der Waals surface area contributed by atoms with Crippen LogP contribution < -0.4 is 10.6 Å². The Morgan fingerprint density at radius 1 is 1.11 bits per heavy atom. The highest BCUT2D eigenvalue weighted by Crippen LogP contribution is 2.40. The third-order valence-corrected chi connectivity index (χ3v) is 6.32. The summed E-state index contributed by atoms with van der Waals surface area (Å²) in [5.74, 6) is -7.25. The van der Waals surface area contributed by atoms with Crippen molar-refractivity contribution in [1.29, 1.82) is 0 Å². The molecule has 2 heterocycles. The number of nitrogens with one attached hydrogen (secondary N) is 2. The first-order valence-electron chi connectivity index (χ1n) is 11.0. The molecule has 0 bridgehead atoms. The molecule has 0 spiro atoms. The molecular formula is C24H22F5N3O4. The molecule has 2 aromatic rings. The number of rotatable bonds is 5. The third kappa shape index (κ3) is 4.82. The molecule has 2 aliphatic rings. The highest BCUT2D eigenvalue weighted by molar-refractivity contribution is 6.00. The minimum atomic E-state index is -5.07. The zero-order valence-electron chi connectivity index (χ0n) is 19.0. The molecule has 0 saturated carbocycles. The maximum Gasteiger partial charge on any atom is 0.416 e. The standard InChI is InChI=1S/C24H22F5N3O4/c1-12-2-5-16(17(8-12)24(27,28)29)23(25,26)22(36)30-10-13-3-4-15-14(9-13)11-32(21(15)35)18-6-7-19(33)31-20(18)34/h2-5,8-9,18,21,35H,6-7,10-11H2,1H3,(H,30,36)(H,31,33,34). The van der Waals surface area contributed by atoms with Gasteiger partial charge in [0.15, 0.2) is 0 Å². The second-order valence-corrected chi connectivity index (χ2v) is 8.85. The van der Waals surface area contributed by atoms with Crippen LogP contribution in [0.1, 0.15) is 52.5 Å². The predicted octanol–water partition coefficient (Wildman–Crippen LogP) is 3.03. The number of hydrogen-bond acceptors (Lipinski definition) is 5. The minimum absolute atomic E-state index is 0.119. The SMILES string of the molecule is Cc1ccc(C(F)(F)C(=O)NCc2ccc3c(c2)CN(C2CCC(=O)NC2=O)C3O)c(C(F)(F)F)c1. The van der Waals surface area contributed by atoms with Crippen molar-refractivity contribution in [3.8, 4) is 0 Å². The number of imide groups is 1. The molecule has 2 aromatic carbocycles. The summed E-state index contributed by atoms with van der Waals surface area (Å²) in [6.07, 6.45) is -5.84. The van der Waals surface area contributed by atoms with E-state index in [9.17, 15) is 41.4 Å². The van der Waals surface area contributed by atoms with E-state index < -0.39 is 59.8 Å². The highest BCUT2D eigenvalue weighted by atomic mass is 19.4. The molecule has 3 amide bonds. The van der Waals surface area contributed by atoms with E-state index in [-0.39, 0.29) is 24.9 Å². The molecule has 2 atom stereocenters. The number of fused-ring (bicyclic) bond motifs is 1. The van der Waals surface area contributed by atoms with Crippen LogP contribution in [0.5, 0.6) is 0 Å². The van der Waals surface area contributed by atoms with E-state index in [1.165, 1.54) is 24.0 Å². The molecule has 4 rings (SSSR count). The molecule has 7 nitrogen and oxygen atoms in total. The van der Waals surface area contributed by atoms with Crippen molar-refractivity contribution < 1.29 is 41.4 Å². The van der Waals surface area contributed by atoms with Crippen molar-refractivity contribution in [3.63, 3.8) is 0 Å². The van der Waals surface area contributed by atoms with E-state index in [1.54, 1.807) is 6.07 Å². The molecule has 3 N–H and O–H groups in total. The van der Waals surface area contributed by atoms with Gasteiger partial charge in [-0.1, -0.05) is 35.9 Å². The van der Waals surface area contributed by atoms with Gasteiger partial charge in [-0.15, -0.1) is 0 Å². The number of halogens is 5. The lowest BCUT2D eigenvalue weighted by atomic mass is 9.98. The first-order chi connectivity index (χ1) is 16.8. The average molecular weight is 511 g/mol. The number of nitrogens with zero attached hydrogens (tertiary/aromatic N) is 1. The smallest absolute Gasteiger partial charge is 0.374 e. The summed E-state index contributed by atoms with van der Waals surface area (Å²) in [4.78, 5) is 37.3. The van der Waals surface area contributed by atoms with Crippen LogP contribution in [0.2, 0.25) is 0 Å². The number of amides is 3. The number of aliphatic hydroxyl groups is 1. The Morgan fingerprint density at radius 3 is 2.50 bits per heavy atom. The van der Waals surface area contributed by atoms with Gasteiger partial charge in [0.2, 0.25) is 11.8 Å². The number of hydrogen-bond donors (Lipinski definition) is 3. The van der Waals surface area contributed by atoms with E-state index in [4.69, 9.17) is 0 Å². The Bertz CT molecular complexity index is 1230. The van der Waals surface area contributed by atoms with Gasteiger partial charge in [0, 0.05) is 25.1 Å². The van der Waals surface area contributed by atoms with Gasteiger partial charge in [-0.25, -0.2) is 0 Å². The molecule has 0 aromatic heterocycles. The Kier molecular flexibility index (Phi) is 6.60. The van der Waals surface area contributed by atoms with Crippen LogP contribution >= 0.6 is 0 Å². The number of alkyl halides is 5. The number of aliphatic hydroxyl groups excluding tert-OH is 1. The Morgan fingerprint density at radius 2 is 1.83 bits per heavy atom. The molecule has 1 saturated heterocycles. The number of carbonyl (C=O) groups excluding carboxylic acids is 3. The lowest BCUT2D eigenvalue weighted by molar-refractivity contribution is -0.153.